The molecule has 2 rings (SSSR count). The van der Waals surface area contributed by atoms with Crippen LogP contribution in [0.5, 0.6) is 5.75 Å². The Morgan fingerprint density at radius 3 is 2.20 bits per heavy atom. The summed E-state index contributed by atoms with van der Waals surface area (Å²) in [5, 5.41) is 12.7. The van der Waals surface area contributed by atoms with Gasteiger partial charge in [-0.15, -0.1) is 11.3 Å². The van der Waals surface area contributed by atoms with E-state index in [4.69, 9.17) is 4.74 Å². The number of ether oxygens (including phenoxy) is 1. The van der Waals surface area contributed by atoms with E-state index in [1.807, 2.05) is 46.8 Å². The van der Waals surface area contributed by atoms with E-state index in [2.05, 4.69) is 31.2 Å². The van der Waals surface area contributed by atoms with Crippen molar-refractivity contribution in [3.63, 3.8) is 0 Å². The maximum atomic E-state index is 11.6. The average Bonchev–Trinajstić information content (AvgIpc) is 3.06. The van der Waals surface area contributed by atoms with Crippen LogP contribution in [-0.2, 0) is 5.41 Å². The first-order valence-corrected chi connectivity index (χ1v) is 11.2. The highest BCUT2D eigenvalue weighted by molar-refractivity contribution is 7.14. The molecule has 1 heterocycles. The second-order valence-corrected chi connectivity index (χ2v) is 10.0. The lowest BCUT2D eigenvalue weighted by Gasteiger charge is -2.32. The molecule has 0 saturated heterocycles. The summed E-state index contributed by atoms with van der Waals surface area (Å²) in [6.45, 7) is 14.3. The van der Waals surface area contributed by atoms with Gasteiger partial charge >= 0.3 is 5.97 Å². The molecule has 0 bridgehead atoms. The van der Waals surface area contributed by atoms with Gasteiger partial charge in [0, 0.05) is 10.3 Å². The molecule has 0 amide bonds. The third-order valence-corrected chi connectivity index (χ3v) is 7.47. The van der Waals surface area contributed by atoms with Gasteiger partial charge in [-0.05, 0) is 60.9 Å². The van der Waals surface area contributed by atoms with Gasteiger partial charge in [-0.2, -0.15) is 4.91 Å². The number of carbonyl (C=O) groups is 1. The van der Waals surface area contributed by atoms with Gasteiger partial charge in [-0.25, -0.2) is 4.79 Å². The summed E-state index contributed by atoms with van der Waals surface area (Å²) in [7, 11) is 0. The van der Waals surface area contributed by atoms with E-state index in [0.717, 1.165) is 40.2 Å². The van der Waals surface area contributed by atoms with Crippen molar-refractivity contribution in [3.05, 3.63) is 55.6 Å². The Kier molecular flexibility index (Phi) is 7.45. The highest BCUT2D eigenvalue weighted by Crippen LogP contribution is 2.44. The molecule has 0 aliphatic carbocycles. The summed E-state index contributed by atoms with van der Waals surface area (Å²) >= 11 is 1.37. The van der Waals surface area contributed by atoms with Crippen LogP contribution in [0, 0.1) is 24.2 Å². The van der Waals surface area contributed by atoms with E-state index in [0.29, 0.717) is 4.88 Å². The van der Waals surface area contributed by atoms with Crippen LogP contribution in [0.1, 0.15) is 78.7 Å². The molecule has 1 N–H and O–H groups in total. The molecule has 0 aliphatic rings. The van der Waals surface area contributed by atoms with E-state index in [1.54, 1.807) is 0 Å². The van der Waals surface area contributed by atoms with Crippen LogP contribution in [0.3, 0.4) is 0 Å². The van der Waals surface area contributed by atoms with Crippen molar-refractivity contribution in [2.24, 2.45) is 10.6 Å². The molecule has 164 valence electrons. The molecule has 1 aromatic heterocycles. The summed E-state index contributed by atoms with van der Waals surface area (Å²) < 4.78 is 5.94. The zero-order valence-corrected chi connectivity index (χ0v) is 19.9. The minimum Gasteiger partial charge on any atom is -0.491 e. The van der Waals surface area contributed by atoms with Gasteiger partial charge in [-0.3, -0.25) is 0 Å². The summed E-state index contributed by atoms with van der Waals surface area (Å²) in [4.78, 5) is 24.2. The van der Waals surface area contributed by atoms with Gasteiger partial charge < -0.3 is 9.84 Å². The smallest absolute Gasteiger partial charge is 0.346 e. The SMILES string of the molecule is CCC(CC)(c1ccc(OCC(N=O)C(C)(C)C)c(C)c1)c1cc(C)c(C(=O)O)s1. The number of hydrogen-bond acceptors (Lipinski definition) is 5. The molecule has 30 heavy (non-hydrogen) atoms. The number of nitrogens with zero attached hydrogens (tertiary/aromatic N) is 1. The van der Waals surface area contributed by atoms with Gasteiger partial charge in [-0.1, -0.05) is 51.9 Å². The summed E-state index contributed by atoms with van der Waals surface area (Å²) in [5.41, 5.74) is 2.44. The number of rotatable bonds is 9. The van der Waals surface area contributed by atoms with Crippen LogP contribution in [0.25, 0.3) is 0 Å². The molecular weight excluding hydrogens is 398 g/mol. The van der Waals surface area contributed by atoms with Crippen molar-refractivity contribution in [2.45, 2.75) is 72.8 Å². The molecule has 0 fully saturated rings. The zero-order valence-electron chi connectivity index (χ0n) is 19.0. The van der Waals surface area contributed by atoms with Crippen LogP contribution in [-0.4, -0.2) is 23.7 Å². The standard InChI is InChI=1S/C24H33NO4S/c1-8-24(9-2,20-13-16(4)21(30-20)22(26)27)17-10-11-18(15(3)12-17)29-14-19(25-28)23(5,6)7/h10-13,19H,8-9,14H2,1-7H3,(H,26,27). The predicted octanol–water partition coefficient (Wildman–Crippen LogP) is 6.73. The van der Waals surface area contributed by atoms with Gasteiger partial charge in [0.1, 0.15) is 23.3 Å². The number of thiophene rings is 1. The lowest BCUT2D eigenvalue weighted by molar-refractivity contribution is 0.0701. The Balaban J connectivity index is 2.39. The Hall–Kier alpha value is -2.21. The highest BCUT2D eigenvalue weighted by Gasteiger charge is 2.34. The monoisotopic (exact) mass is 431 g/mol. The maximum Gasteiger partial charge on any atom is 0.346 e. The fourth-order valence-electron chi connectivity index (χ4n) is 3.80. The van der Waals surface area contributed by atoms with Crippen LogP contribution in [0.2, 0.25) is 0 Å². The lowest BCUT2D eigenvalue weighted by atomic mass is 9.74. The number of aryl methyl sites for hydroxylation is 2. The van der Waals surface area contributed by atoms with Crippen LogP contribution < -0.4 is 4.74 Å². The number of nitroso groups, excluding NO2 is 1. The Bertz CT molecular complexity index is 906. The van der Waals surface area contributed by atoms with E-state index < -0.39 is 12.0 Å². The fraction of sp³-hybridized carbons (Fsp3) is 0.542. The first-order valence-electron chi connectivity index (χ1n) is 10.4. The first-order chi connectivity index (χ1) is 14.0. The molecule has 0 spiro atoms. The van der Waals surface area contributed by atoms with Crippen molar-refractivity contribution in [1.29, 1.82) is 0 Å². The van der Waals surface area contributed by atoms with Crippen molar-refractivity contribution in [2.75, 3.05) is 6.61 Å². The highest BCUT2D eigenvalue weighted by atomic mass is 32.1. The Morgan fingerprint density at radius 1 is 1.13 bits per heavy atom. The van der Waals surface area contributed by atoms with E-state index >= 15 is 0 Å². The van der Waals surface area contributed by atoms with Gasteiger partial charge in [0.15, 0.2) is 0 Å². The van der Waals surface area contributed by atoms with Crippen molar-refractivity contribution in [3.8, 4) is 5.75 Å². The van der Waals surface area contributed by atoms with Gasteiger partial charge in [0.05, 0.1) is 0 Å². The number of aromatic carboxylic acids is 1. The maximum absolute atomic E-state index is 11.6. The molecule has 5 nitrogen and oxygen atoms in total. The molecule has 2 aromatic rings. The summed E-state index contributed by atoms with van der Waals surface area (Å²) in [5.74, 6) is -0.131. The van der Waals surface area contributed by atoms with Crippen LogP contribution in [0.15, 0.2) is 29.4 Å². The average molecular weight is 432 g/mol. The number of carboxylic acids is 1. The van der Waals surface area contributed by atoms with Crippen molar-refractivity contribution >= 4 is 17.3 Å². The van der Waals surface area contributed by atoms with Gasteiger partial charge in [0.25, 0.3) is 0 Å². The normalized spacial score (nSPS) is 13.2. The molecule has 0 aliphatic heterocycles. The third kappa shape index (κ3) is 4.75. The molecule has 6 heteroatoms. The molecule has 1 unspecified atom stereocenters. The molecule has 1 aromatic carbocycles. The minimum atomic E-state index is -0.873. The van der Waals surface area contributed by atoms with Crippen LogP contribution in [0.4, 0.5) is 0 Å². The van der Waals surface area contributed by atoms with Crippen LogP contribution >= 0.6 is 11.3 Å². The predicted molar refractivity (Wildman–Crippen MR) is 123 cm³/mol. The largest absolute Gasteiger partial charge is 0.491 e. The minimum absolute atomic E-state index is 0.242. The van der Waals surface area contributed by atoms with E-state index in [-0.39, 0.29) is 17.4 Å². The molecule has 0 radical (unpaired) electrons. The summed E-state index contributed by atoms with van der Waals surface area (Å²) in [6, 6.07) is 7.73. The van der Waals surface area contributed by atoms with Crippen molar-refractivity contribution in [1.82, 2.24) is 0 Å². The van der Waals surface area contributed by atoms with Crippen molar-refractivity contribution < 1.29 is 14.6 Å². The Labute approximate surface area is 183 Å². The lowest BCUT2D eigenvalue weighted by Crippen LogP contribution is -2.30. The first kappa shape index (κ1) is 24.1. The van der Waals surface area contributed by atoms with E-state index in [1.165, 1.54) is 11.3 Å². The molecule has 0 saturated carbocycles. The zero-order chi connectivity index (χ0) is 22.7. The quantitative estimate of drug-likeness (QED) is 0.447. The topological polar surface area (TPSA) is 76.0 Å². The number of benzene rings is 1. The third-order valence-electron chi connectivity index (χ3n) is 6.04. The summed E-state index contributed by atoms with van der Waals surface area (Å²) in [6.07, 6.45) is 1.73. The number of hydrogen-bond donors (Lipinski definition) is 1. The van der Waals surface area contributed by atoms with E-state index in [9.17, 15) is 14.8 Å². The fourth-order valence-corrected chi connectivity index (χ4v) is 5.16. The number of carboxylic acid groups (broad SMARTS) is 1. The second kappa shape index (κ2) is 9.29. The Morgan fingerprint density at radius 2 is 1.77 bits per heavy atom. The second-order valence-electron chi connectivity index (χ2n) is 9.00. The molecular formula is C24H33NO4S. The molecule has 1 atom stereocenters. The van der Waals surface area contributed by atoms with Gasteiger partial charge in [0.2, 0.25) is 0 Å².